The molecule has 1 unspecified atom stereocenters. The van der Waals surface area contributed by atoms with Gasteiger partial charge in [-0.15, -0.1) is 11.3 Å². The molecule has 1 heterocycles. The summed E-state index contributed by atoms with van der Waals surface area (Å²) in [6.07, 6.45) is -0.683. The van der Waals surface area contributed by atoms with Gasteiger partial charge in [-0.25, -0.2) is 4.98 Å². The van der Waals surface area contributed by atoms with E-state index in [2.05, 4.69) is 4.98 Å². The summed E-state index contributed by atoms with van der Waals surface area (Å²) in [6.45, 7) is -0.216. The van der Waals surface area contributed by atoms with Crippen LogP contribution in [-0.2, 0) is 0 Å². The van der Waals surface area contributed by atoms with Gasteiger partial charge in [-0.3, -0.25) is 0 Å². The maximum absolute atomic E-state index is 9.00. The number of hydrogen-bond donors (Lipinski definition) is 2. The van der Waals surface area contributed by atoms with E-state index < -0.39 is 6.10 Å². The number of rotatable bonds is 4. The van der Waals surface area contributed by atoms with E-state index in [1.807, 2.05) is 0 Å². The summed E-state index contributed by atoms with van der Waals surface area (Å²) in [5.41, 5.74) is 0. The monoisotopic (exact) mass is 225 g/mol. The minimum absolute atomic E-state index is 0.216. The molecule has 0 aliphatic carbocycles. The van der Waals surface area contributed by atoms with E-state index in [-0.39, 0.29) is 6.61 Å². The van der Waals surface area contributed by atoms with Crippen LogP contribution < -0.4 is 0 Å². The fourth-order valence-corrected chi connectivity index (χ4v) is 2.47. The molecule has 0 radical (unpaired) electrons. The van der Waals surface area contributed by atoms with Crippen LogP contribution in [0.15, 0.2) is 9.72 Å². The summed E-state index contributed by atoms with van der Waals surface area (Å²) in [7, 11) is 0. The summed E-state index contributed by atoms with van der Waals surface area (Å²) in [5.74, 6) is 0.445. The average Bonchev–Trinajstić information content (AvgIpc) is 2.47. The van der Waals surface area contributed by atoms with Crippen LogP contribution in [0, 0.1) is 0 Å². The van der Waals surface area contributed by atoms with Gasteiger partial charge in [-0.2, -0.15) is 0 Å². The van der Waals surface area contributed by atoms with E-state index in [1.165, 1.54) is 23.1 Å². The first kappa shape index (κ1) is 10.3. The molecule has 0 aliphatic rings. The number of aliphatic hydroxyl groups excluding tert-OH is 2. The standard InChI is InChI=1S/C6H8ClNO2S2/c7-5-3-12-6(8-5)11-2-4(10)1-9/h3-4,9-10H,1-2H2. The third kappa shape index (κ3) is 3.28. The maximum Gasteiger partial charge on any atom is 0.151 e. The molecule has 0 fully saturated rings. The fourth-order valence-electron chi connectivity index (χ4n) is 0.525. The Morgan fingerprint density at radius 1 is 1.75 bits per heavy atom. The molecule has 0 saturated heterocycles. The number of thiazole rings is 1. The second-order valence-electron chi connectivity index (χ2n) is 2.08. The Bertz CT molecular complexity index is 243. The molecule has 1 aromatic heterocycles. The van der Waals surface area contributed by atoms with Crippen molar-refractivity contribution in [3.8, 4) is 0 Å². The predicted octanol–water partition coefficient (Wildman–Crippen LogP) is 1.24. The Morgan fingerprint density at radius 2 is 2.50 bits per heavy atom. The van der Waals surface area contributed by atoms with Gasteiger partial charge in [-0.1, -0.05) is 23.4 Å². The molecule has 1 aromatic rings. The van der Waals surface area contributed by atoms with Gasteiger partial charge in [0.15, 0.2) is 4.34 Å². The van der Waals surface area contributed by atoms with Crippen molar-refractivity contribution in [1.29, 1.82) is 0 Å². The zero-order chi connectivity index (χ0) is 8.97. The predicted molar refractivity (Wildman–Crippen MR) is 50.9 cm³/mol. The minimum Gasteiger partial charge on any atom is -0.394 e. The van der Waals surface area contributed by atoms with Crippen molar-refractivity contribution in [3.63, 3.8) is 0 Å². The van der Waals surface area contributed by atoms with Crippen molar-refractivity contribution < 1.29 is 10.2 Å². The summed E-state index contributed by atoms with van der Waals surface area (Å²) in [6, 6.07) is 0. The number of nitrogens with zero attached hydrogens (tertiary/aromatic N) is 1. The van der Waals surface area contributed by atoms with Crippen LogP contribution in [0.3, 0.4) is 0 Å². The highest BCUT2D eigenvalue weighted by molar-refractivity contribution is 8.01. The second-order valence-corrected chi connectivity index (χ2v) is 4.60. The van der Waals surface area contributed by atoms with E-state index in [1.54, 1.807) is 5.38 Å². The molecular formula is C6H8ClNO2S2. The van der Waals surface area contributed by atoms with Gasteiger partial charge in [0.1, 0.15) is 5.15 Å². The number of hydrogen-bond acceptors (Lipinski definition) is 5. The molecule has 12 heavy (non-hydrogen) atoms. The van der Waals surface area contributed by atoms with E-state index in [4.69, 9.17) is 21.8 Å². The fraction of sp³-hybridized carbons (Fsp3) is 0.500. The molecule has 6 heteroatoms. The molecular weight excluding hydrogens is 218 g/mol. The highest BCUT2D eigenvalue weighted by Gasteiger charge is 2.05. The summed E-state index contributed by atoms with van der Waals surface area (Å²) in [4.78, 5) is 3.97. The lowest BCUT2D eigenvalue weighted by Crippen LogP contribution is -2.14. The Balaban J connectivity index is 2.33. The lowest BCUT2D eigenvalue weighted by molar-refractivity contribution is 0.113. The Hall–Kier alpha value is 0.190. The number of thioether (sulfide) groups is 1. The van der Waals surface area contributed by atoms with Crippen LogP contribution in [0.2, 0.25) is 5.15 Å². The first-order valence-corrected chi connectivity index (χ1v) is 5.49. The lowest BCUT2D eigenvalue weighted by atomic mass is 10.4. The molecule has 1 rings (SSSR count). The molecule has 0 aromatic carbocycles. The van der Waals surface area contributed by atoms with Crippen molar-refractivity contribution in [2.45, 2.75) is 10.4 Å². The van der Waals surface area contributed by atoms with E-state index in [0.717, 1.165) is 4.34 Å². The van der Waals surface area contributed by atoms with Crippen molar-refractivity contribution in [3.05, 3.63) is 10.5 Å². The van der Waals surface area contributed by atoms with Crippen LogP contribution in [0.4, 0.5) is 0 Å². The van der Waals surface area contributed by atoms with Gasteiger partial charge in [0, 0.05) is 11.1 Å². The normalized spacial score (nSPS) is 13.2. The summed E-state index contributed by atoms with van der Waals surface area (Å²) in [5, 5.41) is 19.7. The molecule has 0 aliphatic heterocycles. The minimum atomic E-state index is -0.683. The number of halogens is 1. The maximum atomic E-state index is 9.00. The van der Waals surface area contributed by atoms with E-state index in [9.17, 15) is 0 Å². The average molecular weight is 226 g/mol. The SMILES string of the molecule is OCC(O)CSc1nc(Cl)cs1. The van der Waals surface area contributed by atoms with Crippen LogP contribution in [0.5, 0.6) is 0 Å². The quantitative estimate of drug-likeness (QED) is 0.758. The molecule has 0 saturated carbocycles. The molecule has 0 spiro atoms. The third-order valence-corrected chi connectivity index (χ3v) is 3.55. The van der Waals surface area contributed by atoms with Crippen molar-refractivity contribution in [2.24, 2.45) is 0 Å². The molecule has 2 N–H and O–H groups in total. The smallest absolute Gasteiger partial charge is 0.151 e. The number of aromatic nitrogens is 1. The summed E-state index contributed by atoms with van der Waals surface area (Å²) >= 11 is 8.40. The van der Waals surface area contributed by atoms with E-state index >= 15 is 0 Å². The van der Waals surface area contributed by atoms with Crippen LogP contribution >= 0.6 is 34.7 Å². The van der Waals surface area contributed by atoms with Gasteiger partial charge < -0.3 is 10.2 Å². The first-order valence-electron chi connectivity index (χ1n) is 3.25. The molecule has 3 nitrogen and oxygen atoms in total. The van der Waals surface area contributed by atoms with Gasteiger partial charge in [0.25, 0.3) is 0 Å². The van der Waals surface area contributed by atoms with Gasteiger partial charge in [0.05, 0.1) is 12.7 Å². The topological polar surface area (TPSA) is 53.4 Å². The largest absolute Gasteiger partial charge is 0.394 e. The summed E-state index contributed by atoms with van der Waals surface area (Å²) < 4.78 is 0.813. The van der Waals surface area contributed by atoms with Crippen molar-refractivity contribution in [1.82, 2.24) is 4.98 Å². The van der Waals surface area contributed by atoms with Crippen molar-refractivity contribution >= 4 is 34.7 Å². The highest BCUT2D eigenvalue weighted by Crippen LogP contribution is 2.25. The Labute approximate surface area is 83.4 Å². The van der Waals surface area contributed by atoms with Crippen molar-refractivity contribution in [2.75, 3.05) is 12.4 Å². The van der Waals surface area contributed by atoms with Crippen LogP contribution in [-0.4, -0.2) is 33.7 Å². The van der Waals surface area contributed by atoms with Gasteiger partial charge in [0.2, 0.25) is 0 Å². The van der Waals surface area contributed by atoms with Gasteiger partial charge >= 0.3 is 0 Å². The van der Waals surface area contributed by atoms with Gasteiger partial charge in [-0.05, 0) is 0 Å². The third-order valence-electron chi connectivity index (χ3n) is 1.07. The molecule has 0 amide bonds. The second kappa shape index (κ2) is 5.04. The van der Waals surface area contributed by atoms with Crippen LogP contribution in [0.1, 0.15) is 0 Å². The number of aliphatic hydroxyl groups is 2. The zero-order valence-electron chi connectivity index (χ0n) is 6.11. The Kier molecular flexibility index (Phi) is 4.31. The zero-order valence-corrected chi connectivity index (χ0v) is 8.49. The lowest BCUT2D eigenvalue weighted by Gasteiger charge is -2.02. The molecule has 1 atom stereocenters. The van der Waals surface area contributed by atoms with E-state index in [0.29, 0.717) is 10.9 Å². The first-order chi connectivity index (χ1) is 5.72. The Morgan fingerprint density at radius 3 is 3.00 bits per heavy atom. The highest BCUT2D eigenvalue weighted by atomic mass is 35.5. The van der Waals surface area contributed by atoms with Crippen LogP contribution in [0.25, 0.3) is 0 Å². The molecule has 68 valence electrons. The molecule has 0 bridgehead atoms.